The van der Waals surface area contributed by atoms with E-state index in [0.717, 1.165) is 43.7 Å². The molecule has 2 rings (SSSR count). The van der Waals surface area contributed by atoms with Gasteiger partial charge in [0.05, 0.1) is 0 Å². The molecule has 1 fully saturated rings. The van der Waals surface area contributed by atoms with Crippen LogP contribution in [0.15, 0.2) is 24.3 Å². The summed E-state index contributed by atoms with van der Waals surface area (Å²) in [4.78, 5) is 11.6. The van der Waals surface area contributed by atoms with E-state index in [4.69, 9.17) is 11.6 Å². The van der Waals surface area contributed by atoms with Gasteiger partial charge in [-0.15, -0.1) is 0 Å². The van der Waals surface area contributed by atoms with Crippen molar-refractivity contribution in [2.24, 2.45) is 5.92 Å². The molecule has 0 amide bonds. The van der Waals surface area contributed by atoms with Gasteiger partial charge in [0.2, 0.25) is 0 Å². The van der Waals surface area contributed by atoms with Crippen molar-refractivity contribution >= 4 is 25.4 Å². The highest BCUT2D eigenvalue weighted by atomic mass is 35.5. The number of carboxylic acid groups (broad SMARTS) is 1. The van der Waals surface area contributed by atoms with Crippen LogP contribution < -0.4 is 5.32 Å². The van der Waals surface area contributed by atoms with Gasteiger partial charge in [-0.25, -0.2) is 0 Å². The lowest BCUT2D eigenvalue weighted by molar-refractivity contribution is -0.144. The summed E-state index contributed by atoms with van der Waals surface area (Å²) in [7, 11) is 1.92. The zero-order chi connectivity index (χ0) is 16.2. The first-order valence-corrected chi connectivity index (χ1v) is 8.54. The number of carboxylic acids is 1. The topological polar surface area (TPSA) is 49.3 Å². The number of hydrogen-bond donors (Lipinski definition) is 2. The summed E-state index contributed by atoms with van der Waals surface area (Å²) in [6, 6.07) is 8.27. The third kappa shape index (κ3) is 4.05. The highest BCUT2D eigenvalue weighted by molar-refractivity contribution is 6.30. The molecule has 0 heterocycles. The van der Waals surface area contributed by atoms with Gasteiger partial charge in [-0.3, -0.25) is 4.79 Å². The van der Waals surface area contributed by atoms with Gasteiger partial charge in [-0.1, -0.05) is 43.5 Å². The smallest absolute Gasteiger partial charge is 0.301 e. The Morgan fingerprint density at radius 3 is 2.59 bits per heavy atom. The maximum atomic E-state index is 11.6. The van der Waals surface area contributed by atoms with E-state index in [1.165, 1.54) is 5.56 Å². The van der Waals surface area contributed by atoms with Crippen LogP contribution in [0.5, 0.6) is 0 Å². The summed E-state index contributed by atoms with van der Waals surface area (Å²) in [6.45, 7) is 2.92. The van der Waals surface area contributed by atoms with E-state index in [-0.39, 0.29) is 0 Å². The van der Waals surface area contributed by atoms with E-state index in [9.17, 15) is 9.90 Å². The molecule has 1 aromatic rings. The molecule has 0 saturated heterocycles. The number of benzene rings is 1. The quantitative estimate of drug-likeness (QED) is 0.722. The van der Waals surface area contributed by atoms with E-state index in [1.807, 2.05) is 32.1 Å². The zero-order valence-corrected chi connectivity index (χ0v) is 14.2. The van der Waals surface area contributed by atoms with Crippen molar-refractivity contribution < 1.29 is 9.90 Å². The maximum Gasteiger partial charge on any atom is 0.301 e. The maximum absolute atomic E-state index is 11.6. The molecule has 1 aromatic carbocycles. The normalized spacial score (nSPS) is 23.5. The molecule has 5 heteroatoms. The van der Waals surface area contributed by atoms with Crippen LogP contribution in [0.1, 0.15) is 44.6 Å². The number of rotatable bonds is 8. The van der Waals surface area contributed by atoms with Crippen molar-refractivity contribution in [3.05, 3.63) is 34.9 Å². The second kappa shape index (κ2) is 7.52. The number of aliphatic carboxylic acids is 1. The summed E-state index contributed by atoms with van der Waals surface area (Å²) in [5, 5.41) is 13.3. The minimum Gasteiger partial charge on any atom is -0.481 e. The fourth-order valence-electron chi connectivity index (χ4n) is 3.20. The van der Waals surface area contributed by atoms with Crippen LogP contribution in [0.25, 0.3) is 0 Å². The molecular formula is C17H25BClNO2. The Labute approximate surface area is 138 Å². The van der Waals surface area contributed by atoms with Gasteiger partial charge < -0.3 is 10.4 Å². The van der Waals surface area contributed by atoms with Crippen molar-refractivity contribution in [2.75, 3.05) is 0 Å². The van der Waals surface area contributed by atoms with Crippen molar-refractivity contribution in [1.82, 2.24) is 5.32 Å². The average Bonchev–Trinajstić information content (AvgIpc) is 2.45. The van der Waals surface area contributed by atoms with Crippen LogP contribution in [-0.4, -0.2) is 25.0 Å². The van der Waals surface area contributed by atoms with Crippen molar-refractivity contribution in [2.45, 2.75) is 56.9 Å². The third-order valence-corrected chi connectivity index (χ3v) is 5.34. The molecule has 2 N–H and O–H groups in total. The fraction of sp³-hybridized carbons (Fsp3) is 0.588. The summed E-state index contributed by atoms with van der Waals surface area (Å²) < 4.78 is 0. The number of hydrogen-bond acceptors (Lipinski definition) is 2. The Morgan fingerprint density at radius 2 is 2.05 bits per heavy atom. The Kier molecular flexibility index (Phi) is 5.93. The highest BCUT2D eigenvalue weighted by Gasteiger charge is 2.46. The molecule has 1 aliphatic carbocycles. The van der Waals surface area contributed by atoms with E-state index < -0.39 is 11.3 Å². The van der Waals surface area contributed by atoms with Crippen molar-refractivity contribution in [3.8, 4) is 0 Å². The van der Waals surface area contributed by atoms with Crippen LogP contribution in [-0.2, 0) is 11.3 Å². The van der Waals surface area contributed by atoms with Crippen LogP contribution in [0.2, 0.25) is 10.3 Å². The molecule has 0 spiro atoms. The Bertz CT molecular complexity index is 502. The molecule has 1 aliphatic rings. The Balaban J connectivity index is 1.80. The lowest BCUT2D eigenvalue weighted by atomic mass is 9.51. The van der Waals surface area contributed by atoms with Crippen LogP contribution in [0.3, 0.4) is 0 Å². The van der Waals surface area contributed by atoms with E-state index >= 15 is 0 Å². The monoisotopic (exact) mass is 321 g/mol. The molecule has 3 nitrogen and oxygen atoms in total. The highest BCUT2D eigenvalue weighted by Crippen LogP contribution is 2.49. The summed E-state index contributed by atoms with van der Waals surface area (Å²) >= 11 is 5.88. The molecule has 1 saturated carbocycles. The van der Waals surface area contributed by atoms with Gasteiger partial charge in [0.1, 0.15) is 7.85 Å². The average molecular weight is 322 g/mol. The Morgan fingerprint density at radius 1 is 1.41 bits per heavy atom. The Hall–Kier alpha value is -0.995. The summed E-state index contributed by atoms with van der Waals surface area (Å²) in [5.74, 6) is -0.346. The second-order valence-electron chi connectivity index (χ2n) is 6.70. The number of carbonyl (C=O) groups is 1. The predicted molar refractivity (Wildman–Crippen MR) is 93.2 cm³/mol. The lowest BCUT2D eigenvalue weighted by Crippen LogP contribution is -2.48. The van der Waals surface area contributed by atoms with Gasteiger partial charge in [-0.05, 0) is 42.9 Å². The number of unbranched alkanes of at least 4 members (excludes halogenated alkanes) is 1. The number of halogens is 1. The third-order valence-electron chi connectivity index (χ3n) is 5.09. The van der Waals surface area contributed by atoms with Gasteiger partial charge in [-0.2, -0.15) is 0 Å². The van der Waals surface area contributed by atoms with Crippen LogP contribution >= 0.6 is 11.6 Å². The first-order valence-electron chi connectivity index (χ1n) is 8.17. The van der Waals surface area contributed by atoms with Crippen LogP contribution in [0.4, 0.5) is 0 Å². The van der Waals surface area contributed by atoms with E-state index in [2.05, 4.69) is 12.2 Å². The van der Waals surface area contributed by atoms with Crippen LogP contribution in [0, 0.1) is 5.92 Å². The van der Waals surface area contributed by atoms with Gasteiger partial charge in [0.25, 0.3) is 0 Å². The molecule has 0 aliphatic heterocycles. The molecule has 22 heavy (non-hydrogen) atoms. The molecule has 1 atom stereocenters. The fourth-order valence-corrected chi connectivity index (χ4v) is 3.32. The summed E-state index contributed by atoms with van der Waals surface area (Å²) in [6.07, 6.45) is 4.74. The molecule has 1 unspecified atom stereocenters. The lowest BCUT2D eigenvalue weighted by Gasteiger charge is -2.45. The molecule has 0 bridgehead atoms. The van der Waals surface area contributed by atoms with Gasteiger partial charge in [0, 0.05) is 22.9 Å². The van der Waals surface area contributed by atoms with Crippen molar-refractivity contribution in [3.63, 3.8) is 0 Å². The molecular weight excluding hydrogens is 296 g/mol. The standard InChI is InChI=1S/C17H25BClNO2/c1-2-3-8-17(18,16(21)22)13-9-15(10-13)20-11-12-4-6-14(19)7-5-12/h4-7,13,15,20H,2-3,8-11,18H2,1H3,(H,21,22). The first-order chi connectivity index (χ1) is 10.5. The second-order valence-corrected chi connectivity index (χ2v) is 7.14. The molecule has 0 radical (unpaired) electrons. The van der Waals surface area contributed by atoms with Gasteiger partial charge >= 0.3 is 5.97 Å². The largest absolute Gasteiger partial charge is 0.481 e. The minimum absolute atomic E-state index is 0.291. The molecule has 0 aromatic heterocycles. The van der Waals surface area contributed by atoms with E-state index in [1.54, 1.807) is 0 Å². The zero-order valence-electron chi connectivity index (χ0n) is 13.4. The number of nitrogens with one attached hydrogen (secondary N) is 1. The van der Waals surface area contributed by atoms with Crippen molar-refractivity contribution in [1.29, 1.82) is 0 Å². The van der Waals surface area contributed by atoms with E-state index in [0.29, 0.717) is 12.0 Å². The van der Waals surface area contributed by atoms with Gasteiger partial charge in [0.15, 0.2) is 0 Å². The minimum atomic E-state index is -0.637. The first kappa shape index (κ1) is 17.4. The predicted octanol–water partition coefficient (Wildman–Crippen LogP) is 3.27. The molecule has 120 valence electrons. The SMILES string of the molecule is BC(CCCC)(C(=O)O)C1CC(NCc2ccc(Cl)cc2)C1. The summed E-state index contributed by atoms with van der Waals surface area (Å²) in [5.41, 5.74) is 1.21.